The highest BCUT2D eigenvalue weighted by Gasteiger charge is 2.41. The van der Waals surface area contributed by atoms with Crippen molar-refractivity contribution in [1.29, 1.82) is 0 Å². The molecule has 156 valence electrons. The summed E-state index contributed by atoms with van der Waals surface area (Å²) in [4.78, 5) is 10.6. The van der Waals surface area contributed by atoms with Gasteiger partial charge in [0, 0.05) is 17.7 Å². The number of aliphatic hydroxyl groups is 1. The van der Waals surface area contributed by atoms with Crippen LogP contribution in [-0.4, -0.2) is 27.7 Å². The number of carboxylic acid groups (broad SMARTS) is 1. The fourth-order valence-corrected chi connectivity index (χ4v) is 4.67. The third-order valence-electron chi connectivity index (χ3n) is 5.83. The van der Waals surface area contributed by atoms with Crippen LogP contribution in [0.1, 0.15) is 81.8 Å². The highest BCUT2D eigenvalue weighted by atomic mass is 35.5. The lowest BCUT2D eigenvalue weighted by Crippen LogP contribution is -2.18. The maximum Gasteiger partial charge on any atom is 0.303 e. The average Bonchev–Trinajstić information content (AvgIpc) is 2.95. The van der Waals surface area contributed by atoms with Crippen molar-refractivity contribution < 1.29 is 15.0 Å². The van der Waals surface area contributed by atoms with E-state index in [1.807, 2.05) is 6.08 Å². The molecule has 1 fully saturated rings. The standard InChI is InChI=1S/C24H35ClO3/c1-2-3-4-7-10-18-13-15-19(16-14-18)24-20(21(25)17-22(24)26)11-8-5-6-9-12-23(27)28/h5,8,13-16,20-22,24,26H,2-4,6-7,9-12,17H2,1H3,(H,27,28)/b8-5-/t20-,21?,22+,24?/m0/s1. The highest BCUT2D eigenvalue weighted by molar-refractivity contribution is 6.21. The van der Waals surface area contributed by atoms with E-state index in [9.17, 15) is 9.90 Å². The Morgan fingerprint density at radius 1 is 1.14 bits per heavy atom. The predicted octanol–water partition coefficient (Wildman–Crippen LogP) is 6.08. The topological polar surface area (TPSA) is 57.5 Å². The number of aliphatic hydroxyl groups excluding tert-OH is 1. The molecule has 2 unspecified atom stereocenters. The number of carboxylic acids is 1. The Morgan fingerprint density at radius 2 is 1.89 bits per heavy atom. The quantitative estimate of drug-likeness (QED) is 0.251. The van der Waals surface area contributed by atoms with E-state index in [-0.39, 0.29) is 23.6 Å². The Kier molecular flexibility index (Phi) is 10.1. The zero-order valence-electron chi connectivity index (χ0n) is 17.0. The van der Waals surface area contributed by atoms with Crippen LogP contribution < -0.4 is 0 Å². The van der Waals surface area contributed by atoms with E-state index in [1.165, 1.54) is 36.8 Å². The van der Waals surface area contributed by atoms with Crippen LogP contribution >= 0.6 is 11.6 Å². The smallest absolute Gasteiger partial charge is 0.303 e. The first kappa shape index (κ1) is 23.0. The minimum absolute atomic E-state index is 0.0302. The molecule has 0 radical (unpaired) electrons. The molecule has 0 saturated heterocycles. The average molecular weight is 407 g/mol. The Morgan fingerprint density at radius 3 is 2.57 bits per heavy atom. The minimum atomic E-state index is -0.748. The molecule has 3 nitrogen and oxygen atoms in total. The van der Waals surface area contributed by atoms with Gasteiger partial charge in [0.1, 0.15) is 0 Å². The summed E-state index contributed by atoms with van der Waals surface area (Å²) in [6.07, 6.45) is 13.0. The van der Waals surface area contributed by atoms with Gasteiger partial charge in [-0.3, -0.25) is 4.79 Å². The monoisotopic (exact) mass is 406 g/mol. The van der Waals surface area contributed by atoms with Crippen molar-refractivity contribution in [2.45, 2.75) is 88.5 Å². The van der Waals surface area contributed by atoms with Gasteiger partial charge in [0.2, 0.25) is 0 Å². The second kappa shape index (κ2) is 12.3. The molecule has 1 saturated carbocycles. The number of aliphatic carboxylic acids is 1. The van der Waals surface area contributed by atoms with Crippen LogP contribution in [0.25, 0.3) is 0 Å². The number of benzene rings is 1. The Balaban J connectivity index is 1.91. The molecule has 0 aromatic heterocycles. The number of hydrogen-bond acceptors (Lipinski definition) is 2. The van der Waals surface area contributed by atoms with Gasteiger partial charge < -0.3 is 10.2 Å². The summed E-state index contributed by atoms with van der Waals surface area (Å²) in [6.45, 7) is 2.23. The van der Waals surface area contributed by atoms with Gasteiger partial charge in [0.05, 0.1) is 6.10 Å². The Hall–Kier alpha value is -1.32. The van der Waals surface area contributed by atoms with Crippen LogP contribution in [-0.2, 0) is 11.2 Å². The number of unbranched alkanes of at least 4 members (excludes halogenated alkanes) is 4. The first-order valence-corrected chi connectivity index (χ1v) is 11.2. The van der Waals surface area contributed by atoms with E-state index in [4.69, 9.17) is 16.7 Å². The van der Waals surface area contributed by atoms with Gasteiger partial charge in [-0.05, 0) is 55.6 Å². The molecule has 1 aliphatic carbocycles. The molecule has 2 rings (SSSR count). The largest absolute Gasteiger partial charge is 0.481 e. The number of alkyl halides is 1. The Labute approximate surface area is 174 Å². The summed E-state index contributed by atoms with van der Waals surface area (Å²) in [6, 6.07) is 8.74. The summed E-state index contributed by atoms with van der Waals surface area (Å²) in [5.74, 6) is -0.467. The van der Waals surface area contributed by atoms with Crippen LogP contribution in [0.4, 0.5) is 0 Å². The zero-order chi connectivity index (χ0) is 20.4. The molecular formula is C24H35ClO3. The van der Waals surface area contributed by atoms with Crippen molar-refractivity contribution in [3.05, 3.63) is 47.5 Å². The highest BCUT2D eigenvalue weighted by Crippen LogP contribution is 2.44. The molecule has 4 heteroatoms. The van der Waals surface area contributed by atoms with Gasteiger partial charge in [-0.2, -0.15) is 0 Å². The molecule has 0 spiro atoms. The van der Waals surface area contributed by atoms with Gasteiger partial charge in [0.25, 0.3) is 0 Å². The number of hydrogen-bond donors (Lipinski definition) is 2. The van der Waals surface area contributed by atoms with Gasteiger partial charge in [-0.25, -0.2) is 0 Å². The molecule has 1 aromatic rings. The summed E-state index contributed by atoms with van der Waals surface area (Å²) in [7, 11) is 0. The Bertz CT molecular complexity index is 611. The maximum absolute atomic E-state index is 10.6. The van der Waals surface area contributed by atoms with Crippen molar-refractivity contribution >= 4 is 17.6 Å². The fourth-order valence-electron chi connectivity index (χ4n) is 4.23. The number of allylic oxidation sites excluding steroid dienone is 2. The third-order valence-corrected chi connectivity index (χ3v) is 6.33. The van der Waals surface area contributed by atoms with Crippen molar-refractivity contribution in [1.82, 2.24) is 0 Å². The zero-order valence-corrected chi connectivity index (χ0v) is 17.8. The second-order valence-electron chi connectivity index (χ2n) is 8.05. The first-order chi connectivity index (χ1) is 13.5. The van der Waals surface area contributed by atoms with Crippen LogP contribution in [0, 0.1) is 5.92 Å². The molecule has 0 heterocycles. The number of carbonyl (C=O) groups is 1. The first-order valence-electron chi connectivity index (χ1n) is 10.8. The number of rotatable bonds is 12. The molecule has 1 aromatic carbocycles. The maximum atomic E-state index is 10.6. The van der Waals surface area contributed by atoms with Gasteiger partial charge in [-0.15, -0.1) is 11.6 Å². The van der Waals surface area contributed by atoms with E-state index in [0.717, 1.165) is 19.3 Å². The molecule has 1 aliphatic rings. The molecular weight excluding hydrogens is 372 g/mol. The lowest BCUT2D eigenvalue weighted by molar-refractivity contribution is -0.137. The van der Waals surface area contributed by atoms with E-state index in [0.29, 0.717) is 12.8 Å². The summed E-state index contributed by atoms with van der Waals surface area (Å²) in [5.41, 5.74) is 2.54. The predicted molar refractivity (Wildman–Crippen MR) is 116 cm³/mol. The summed E-state index contributed by atoms with van der Waals surface area (Å²) in [5, 5.41) is 19.2. The summed E-state index contributed by atoms with van der Waals surface area (Å²) >= 11 is 6.56. The SMILES string of the molecule is CCCCCCc1ccc(C2[C@@H](C/C=C\CCCC(=O)O)C(Cl)C[C@H]2O)cc1. The molecule has 0 amide bonds. The van der Waals surface area contributed by atoms with Crippen LogP contribution in [0.2, 0.25) is 0 Å². The molecule has 2 N–H and O–H groups in total. The van der Waals surface area contributed by atoms with E-state index < -0.39 is 12.1 Å². The third kappa shape index (κ3) is 7.25. The number of halogens is 1. The van der Waals surface area contributed by atoms with Crippen LogP contribution in [0.15, 0.2) is 36.4 Å². The van der Waals surface area contributed by atoms with Gasteiger partial charge in [0.15, 0.2) is 0 Å². The summed E-state index contributed by atoms with van der Waals surface area (Å²) < 4.78 is 0. The van der Waals surface area contributed by atoms with Crippen molar-refractivity contribution in [3.8, 4) is 0 Å². The van der Waals surface area contributed by atoms with E-state index in [2.05, 4.69) is 37.3 Å². The second-order valence-corrected chi connectivity index (χ2v) is 8.61. The van der Waals surface area contributed by atoms with Crippen molar-refractivity contribution in [3.63, 3.8) is 0 Å². The van der Waals surface area contributed by atoms with Crippen LogP contribution in [0.5, 0.6) is 0 Å². The van der Waals surface area contributed by atoms with E-state index >= 15 is 0 Å². The lowest BCUT2D eigenvalue weighted by atomic mass is 9.85. The molecule has 0 bridgehead atoms. The van der Waals surface area contributed by atoms with Gasteiger partial charge in [-0.1, -0.05) is 62.6 Å². The van der Waals surface area contributed by atoms with Crippen LogP contribution in [0.3, 0.4) is 0 Å². The molecule has 4 atom stereocenters. The van der Waals surface area contributed by atoms with Gasteiger partial charge >= 0.3 is 5.97 Å². The lowest BCUT2D eigenvalue weighted by Gasteiger charge is -2.23. The van der Waals surface area contributed by atoms with E-state index in [1.54, 1.807) is 0 Å². The van der Waals surface area contributed by atoms with Crippen molar-refractivity contribution in [2.24, 2.45) is 5.92 Å². The fraction of sp³-hybridized carbons (Fsp3) is 0.625. The normalized spacial score (nSPS) is 24.8. The van der Waals surface area contributed by atoms with Crippen molar-refractivity contribution in [2.75, 3.05) is 0 Å². The molecule has 28 heavy (non-hydrogen) atoms. The minimum Gasteiger partial charge on any atom is -0.481 e. The number of aryl methyl sites for hydroxylation is 1. The molecule has 0 aliphatic heterocycles.